The molecular formula is C17H24N2O4S. The molecule has 1 aromatic rings. The van der Waals surface area contributed by atoms with Crippen molar-refractivity contribution < 1.29 is 18.3 Å². The lowest BCUT2D eigenvalue weighted by atomic mass is 9.81. The third-order valence-electron chi connectivity index (χ3n) is 5.52. The zero-order chi connectivity index (χ0) is 17.7. The van der Waals surface area contributed by atoms with Crippen molar-refractivity contribution in [2.24, 2.45) is 11.3 Å². The van der Waals surface area contributed by atoms with Crippen molar-refractivity contribution in [1.29, 1.82) is 0 Å². The van der Waals surface area contributed by atoms with E-state index in [0.29, 0.717) is 26.2 Å². The van der Waals surface area contributed by atoms with Gasteiger partial charge >= 0.3 is 5.97 Å². The highest BCUT2D eigenvalue weighted by Crippen LogP contribution is 2.44. The minimum atomic E-state index is -3.35. The SMILES string of the molecule is Cc1ccc(CN2C[C@H]3CN(S(C)(=O)=O)C[C@@]3(C(=O)O)C2)cc1C. The number of aliphatic carboxylic acids is 1. The Morgan fingerprint density at radius 1 is 1.25 bits per heavy atom. The van der Waals surface area contributed by atoms with Gasteiger partial charge in [-0.3, -0.25) is 9.69 Å². The molecule has 0 bridgehead atoms. The van der Waals surface area contributed by atoms with Gasteiger partial charge in [0.15, 0.2) is 0 Å². The average Bonchev–Trinajstić information content (AvgIpc) is 2.97. The first kappa shape index (κ1) is 17.4. The number of aryl methyl sites for hydroxylation is 2. The van der Waals surface area contributed by atoms with Crippen LogP contribution in [0.2, 0.25) is 0 Å². The molecule has 24 heavy (non-hydrogen) atoms. The molecule has 1 aromatic carbocycles. The first-order chi connectivity index (χ1) is 11.1. The van der Waals surface area contributed by atoms with Gasteiger partial charge in [0, 0.05) is 38.6 Å². The lowest BCUT2D eigenvalue weighted by Crippen LogP contribution is -2.41. The molecule has 2 atom stereocenters. The summed E-state index contributed by atoms with van der Waals surface area (Å²) in [5.74, 6) is -1.04. The minimum absolute atomic E-state index is 0.0786. The van der Waals surface area contributed by atoms with Gasteiger partial charge in [-0.2, -0.15) is 0 Å². The van der Waals surface area contributed by atoms with Crippen LogP contribution in [0.15, 0.2) is 18.2 Å². The first-order valence-electron chi connectivity index (χ1n) is 8.09. The van der Waals surface area contributed by atoms with E-state index in [0.717, 1.165) is 6.26 Å². The second-order valence-corrected chi connectivity index (χ2v) is 9.28. The zero-order valence-corrected chi connectivity index (χ0v) is 15.1. The number of sulfonamides is 1. The fourth-order valence-electron chi connectivity index (χ4n) is 3.96. The van der Waals surface area contributed by atoms with Crippen LogP contribution in [-0.2, 0) is 21.4 Å². The zero-order valence-electron chi connectivity index (χ0n) is 14.3. The molecule has 0 unspecified atom stereocenters. The van der Waals surface area contributed by atoms with Crippen LogP contribution in [0.1, 0.15) is 16.7 Å². The number of fused-ring (bicyclic) bond motifs is 1. The monoisotopic (exact) mass is 352 g/mol. The van der Waals surface area contributed by atoms with E-state index < -0.39 is 21.4 Å². The lowest BCUT2D eigenvalue weighted by Gasteiger charge is -2.24. The number of carboxylic acids is 1. The quantitative estimate of drug-likeness (QED) is 0.877. The van der Waals surface area contributed by atoms with Crippen molar-refractivity contribution in [2.45, 2.75) is 20.4 Å². The molecular weight excluding hydrogens is 328 g/mol. The Morgan fingerprint density at radius 2 is 1.96 bits per heavy atom. The highest BCUT2D eigenvalue weighted by Gasteiger charge is 2.58. The summed E-state index contributed by atoms with van der Waals surface area (Å²) in [6.07, 6.45) is 1.15. The maximum Gasteiger partial charge on any atom is 0.312 e. The molecule has 2 heterocycles. The summed E-state index contributed by atoms with van der Waals surface area (Å²) in [6, 6.07) is 6.30. The molecule has 132 valence electrons. The van der Waals surface area contributed by atoms with Crippen molar-refractivity contribution in [3.63, 3.8) is 0 Å². The van der Waals surface area contributed by atoms with Crippen molar-refractivity contribution >= 4 is 16.0 Å². The van der Waals surface area contributed by atoms with Crippen LogP contribution in [0.4, 0.5) is 0 Å². The number of hydrogen-bond acceptors (Lipinski definition) is 4. The molecule has 1 N–H and O–H groups in total. The molecule has 7 heteroatoms. The van der Waals surface area contributed by atoms with Gasteiger partial charge in [-0.1, -0.05) is 18.2 Å². The van der Waals surface area contributed by atoms with Crippen molar-refractivity contribution in [3.05, 3.63) is 34.9 Å². The number of benzene rings is 1. The van der Waals surface area contributed by atoms with E-state index in [4.69, 9.17) is 0 Å². The number of likely N-dealkylation sites (tertiary alicyclic amines) is 1. The maximum absolute atomic E-state index is 11.9. The predicted octanol–water partition coefficient (Wildman–Crippen LogP) is 1.08. The predicted molar refractivity (Wildman–Crippen MR) is 91.2 cm³/mol. The molecule has 0 aromatic heterocycles. The second-order valence-electron chi connectivity index (χ2n) is 7.30. The molecule has 2 fully saturated rings. The highest BCUT2D eigenvalue weighted by molar-refractivity contribution is 7.88. The fourth-order valence-corrected chi connectivity index (χ4v) is 4.87. The summed E-state index contributed by atoms with van der Waals surface area (Å²) in [7, 11) is -3.35. The normalized spacial score (nSPS) is 28.2. The largest absolute Gasteiger partial charge is 0.481 e. The van der Waals surface area contributed by atoms with E-state index in [9.17, 15) is 18.3 Å². The second kappa shape index (κ2) is 5.82. The molecule has 0 saturated carbocycles. The van der Waals surface area contributed by atoms with Crippen molar-refractivity contribution in [2.75, 3.05) is 32.4 Å². The number of nitrogens with zero attached hydrogens (tertiary/aromatic N) is 2. The van der Waals surface area contributed by atoms with Crippen LogP contribution in [0, 0.1) is 25.2 Å². The van der Waals surface area contributed by atoms with E-state index in [-0.39, 0.29) is 12.5 Å². The van der Waals surface area contributed by atoms with E-state index in [2.05, 4.69) is 36.9 Å². The third kappa shape index (κ3) is 2.96. The van der Waals surface area contributed by atoms with Crippen molar-refractivity contribution in [1.82, 2.24) is 9.21 Å². The molecule has 3 rings (SSSR count). The summed E-state index contributed by atoms with van der Waals surface area (Å²) in [5, 5.41) is 9.77. The number of rotatable bonds is 4. The summed E-state index contributed by atoms with van der Waals surface area (Å²) < 4.78 is 24.9. The molecule has 0 amide bonds. The molecule has 2 aliphatic heterocycles. The van der Waals surface area contributed by atoms with Crippen LogP contribution in [0.3, 0.4) is 0 Å². The van der Waals surface area contributed by atoms with Gasteiger partial charge in [-0.15, -0.1) is 0 Å². The van der Waals surface area contributed by atoms with Crippen LogP contribution in [0.5, 0.6) is 0 Å². The summed E-state index contributed by atoms with van der Waals surface area (Å²) in [5.41, 5.74) is 2.65. The van der Waals surface area contributed by atoms with Gasteiger partial charge in [0.25, 0.3) is 0 Å². The van der Waals surface area contributed by atoms with Crippen LogP contribution in [-0.4, -0.2) is 61.1 Å². The molecule has 0 radical (unpaired) electrons. The Morgan fingerprint density at radius 3 is 2.50 bits per heavy atom. The molecule has 6 nitrogen and oxygen atoms in total. The van der Waals surface area contributed by atoms with Gasteiger partial charge < -0.3 is 5.11 Å². The van der Waals surface area contributed by atoms with Crippen LogP contribution in [0.25, 0.3) is 0 Å². The van der Waals surface area contributed by atoms with Gasteiger partial charge in [0.1, 0.15) is 0 Å². The van der Waals surface area contributed by atoms with Gasteiger partial charge in [-0.05, 0) is 30.5 Å². The van der Waals surface area contributed by atoms with E-state index >= 15 is 0 Å². The van der Waals surface area contributed by atoms with Crippen LogP contribution < -0.4 is 0 Å². The standard InChI is InChI=1S/C17H24N2O4S/c1-12-4-5-14(6-13(12)2)7-18-8-15-9-19(24(3,22)23)11-17(15,10-18)16(20)21/h4-6,15H,7-11H2,1-3H3,(H,20,21)/t15-,17-/m0/s1. The lowest BCUT2D eigenvalue weighted by molar-refractivity contribution is -0.148. The van der Waals surface area contributed by atoms with Gasteiger partial charge in [0.2, 0.25) is 10.0 Å². The Kier molecular flexibility index (Phi) is 4.22. The van der Waals surface area contributed by atoms with Crippen LogP contribution >= 0.6 is 0 Å². The summed E-state index contributed by atoms with van der Waals surface area (Å²) in [6.45, 7) is 6.23. The minimum Gasteiger partial charge on any atom is -0.481 e. The summed E-state index contributed by atoms with van der Waals surface area (Å²) >= 11 is 0. The van der Waals surface area contributed by atoms with E-state index in [1.165, 1.54) is 21.0 Å². The third-order valence-corrected chi connectivity index (χ3v) is 6.74. The molecule has 2 saturated heterocycles. The average molecular weight is 352 g/mol. The van der Waals surface area contributed by atoms with E-state index in [1.54, 1.807) is 0 Å². The highest BCUT2D eigenvalue weighted by atomic mass is 32.2. The van der Waals surface area contributed by atoms with Crippen molar-refractivity contribution in [3.8, 4) is 0 Å². The number of carbonyl (C=O) groups is 1. The van der Waals surface area contributed by atoms with E-state index in [1.807, 2.05) is 0 Å². The Bertz CT molecular complexity index is 777. The van der Waals surface area contributed by atoms with Gasteiger partial charge in [-0.25, -0.2) is 12.7 Å². The van der Waals surface area contributed by atoms with Gasteiger partial charge in [0.05, 0.1) is 11.7 Å². The number of hydrogen-bond donors (Lipinski definition) is 1. The Balaban J connectivity index is 1.78. The first-order valence-corrected chi connectivity index (χ1v) is 9.94. The Hall–Kier alpha value is -1.44. The topological polar surface area (TPSA) is 77.9 Å². The maximum atomic E-state index is 11.9. The smallest absolute Gasteiger partial charge is 0.312 e. The molecule has 2 aliphatic rings. The summed E-state index contributed by atoms with van der Waals surface area (Å²) in [4.78, 5) is 14.1. The molecule has 0 aliphatic carbocycles. The fraction of sp³-hybridized carbons (Fsp3) is 0.588. The Labute approximate surface area is 143 Å². The number of carboxylic acid groups (broad SMARTS) is 1. The molecule has 0 spiro atoms.